The molecule has 1 fully saturated rings. The first-order chi connectivity index (χ1) is 9.81. The molecular formula is C13H18N4O4. The van der Waals surface area contributed by atoms with Crippen molar-refractivity contribution in [3.05, 3.63) is 27.9 Å². The lowest BCUT2D eigenvalue weighted by molar-refractivity contribution is -0.385. The van der Waals surface area contributed by atoms with E-state index in [4.69, 9.17) is 5.11 Å². The third kappa shape index (κ3) is 2.94. The van der Waals surface area contributed by atoms with Gasteiger partial charge < -0.3 is 14.9 Å². The van der Waals surface area contributed by atoms with Crippen molar-refractivity contribution >= 4 is 17.5 Å². The van der Waals surface area contributed by atoms with Crippen molar-refractivity contribution in [3.63, 3.8) is 0 Å². The Morgan fingerprint density at radius 3 is 2.67 bits per heavy atom. The summed E-state index contributed by atoms with van der Waals surface area (Å²) in [4.78, 5) is 29.4. The summed E-state index contributed by atoms with van der Waals surface area (Å²) in [5.74, 6) is -0.443. The monoisotopic (exact) mass is 294 g/mol. The number of nitro groups is 1. The molecule has 2 unspecified atom stereocenters. The number of carboxylic acid groups (broad SMARTS) is 1. The molecule has 1 saturated heterocycles. The molecule has 1 N–H and O–H groups in total. The van der Waals surface area contributed by atoms with E-state index >= 15 is 0 Å². The number of nitrogens with zero attached hydrogens (tertiary/aromatic N) is 4. The highest BCUT2D eigenvalue weighted by Gasteiger charge is 2.33. The molecule has 0 aliphatic carbocycles. The Morgan fingerprint density at radius 2 is 2.19 bits per heavy atom. The minimum Gasteiger partial charge on any atom is -0.477 e. The molecule has 0 saturated carbocycles. The van der Waals surface area contributed by atoms with Gasteiger partial charge in [0.2, 0.25) is 0 Å². The van der Waals surface area contributed by atoms with Crippen LogP contribution < -0.4 is 4.90 Å². The molecule has 114 valence electrons. The summed E-state index contributed by atoms with van der Waals surface area (Å²) in [7, 11) is 3.99. The van der Waals surface area contributed by atoms with Crippen LogP contribution in [0.3, 0.4) is 0 Å². The molecule has 0 radical (unpaired) electrons. The number of rotatable bonds is 4. The molecule has 8 heteroatoms. The van der Waals surface area contributed by atoms with Crippen molar-refractivity contribution in [2.75, 3.05) is 32.1 Å². The van der Waals surface area contributed by atoms with Crippen LogP contribution in [0.15, 0.2) is 12.3 Å². The summed E-state index contributed by atoms with van der Waals surface area (Å²) in [5, 5.41) is 19.9. The predicted octanol–water partition coefficient (Wildman–Crippen LogP) is 1.07. The van der Waals surface area contributed by atoms with Gasteiger partial charge in [0.15, 0.2) is 0 Å². The van der Waals surface area contributed by atoms with Crippen LogP contribution in [0.4, 0.5) is 11.5 Å². The van der Waals surface area contributed by atoms with E-state index in [0.717, 1.165) is 19.3 Å². The van der Waals surface area contributed by atoms with Crippen LogP contribution in [-0.2, 0) is 0 Å². The number of carbonyl (C=O) groups is 1. The minimum absolute atomic E-state index is 0.328. The van der Waals surface area contributed by atoms with E-state index in [9.17, 15) is 14.9 Å². The number of aromatic nitrogens is 1. The quantitative estimate of drug-likeness (QED) is 0.655. The topological polar surface area (TPSA) is 99.8 Å². The van der Waals surface area contributed by atoms with Gasteiger partial charge in [0.1, 0.15) is 17.6 Å². The highest BCUT2D eigenvalue weighted by Crippen LogP contribution is 2.28. The van der Waals surface area contributed by atoms with E-state index in [-0.39, 0.29) is 5.56 Å². The molecule has 0 amide bonds. The maximum absolute atomic E-state index is 11.2. The summed E-state index contributed by atoms with van der Waals surface area (Å²) < 4.78 is 0. The van der Waals surface area contributed by atoms with E-state index < -0.39 is 16.6 Å². The van der Waals surface area contributed by atoms with Gasteiger partial charge in [-0.2, -0.15) is 0 Å². The van der Waals surface area contributed by atoms with Gasteiger partial charge in [-0.1, -0.05) is 6.92 Å². The first-order valence-corrected chi connectivity index (χ1v) is 6.60. The summed E-state index contributed by atoms with van der Waals surface area (Å²) in [6.07, 6.45) is 1.02. The summed E-state index contributed by atoms with van der Waals surface area (Å²) in [6.45, 7) is 3.58. The lowest BCUT2D eigenvalue weighted by Crippen LogP contribution is -2.34. The van der Waals surface area contributed by atoms with E-state index in [0.29, 0.717) is 17.8 Å². The van der Waals surface area contributed by atoms with Crippen LogP contribution in [0.5, 0.6) is 0 Å². The second-order valence-electron chi connectivity index (χ2n) is 5.54. The molecule has 2 atom stereocenters. The second kappa shape index (κ2) is 5.65. The summed E-state index contributed by atoms with van der Waals surface area (Å²) in [5.41, 5.74) is -0.811. The van der Waals surface area contributed by atoms with Gasteiger partial charge in [-0.05, 0) is 20.0 Å². The number of pyridine rings is 1. The van der Waals surface area contributed by atoms with E-state index in [1.807, 2.05) is 19.0 Å². The normalized spacial score (nSPS) is 21.8. The molecule has 0 spiro atoms. The zero-order valence-electron chi connectivity index (χ0n) is 12.2. The van der Waals surface area contributed by atoms with Crippen LogP contribution >= 0.6 is 0 Å². The Hall–Kier alpha value is -2.22. The molecule has 1 aromatic heterocycles. The Morgan fingerprint density at radius 1 is 1.52 bits per heavy atom. The van der Waals surface area contributed by atoms with Gasteiger partial charge in [-0.15, -0.1) is 0 Å². The zero-order valence-corrected chi connectivity index (χ0v) is 12.2. The highest BCUT2D eigenvalue weighted by atomic mass is 16.6. The van der Waals surface area contributed by atoms with Crippen LogP contribution in [0.2, 0.25) is 0 Å². The first-order valence-electron chi connectivity index (χ1n) is 6.60. The molecule has 2 rings (SSSR count). The predicted molar refractivity (Wildman–Crippen MR) is 76.7 cm³/mol. The SMILES string of the molecule is CC1CN(c2cc(C(=O)O)c([N+](=O)[O-])cn2)CC1N(C)C. The minimum atomic E-state index is -1.32. The van der Waals surface area contributed by atoms with Gasteiger partial charge in [0.25, 0.3) is 0 Å². The smallest absolute Gasteiger partial charge is 0.342 e. The van der Waals surface area contributed by atoms with Gasteiger partial charge in [-0.25, -0.2) is 9.78 Å². The zero-order chi connectivity index (χ0) is 15.7. The Balaban J connectivity index is 2.32. The molecule has 0 aromatic carbocycles. The number of hydrogen-bond donors (Lipinski definition) is 1. The van der Waals surface area contributed by atoms with E-state index in [2.05, 4.69) is 16.8 Å². The second-order valence-corrected chi connectivity index (χ2v) is 5.54. The average Bonchev–Trinajstić information content (AvgIpc) is 2.80. The number of hydrogen-bond acceptors (Lipinski definition) is 6. The first kappa shape index (κ1) is 15.2. The van der Waals surface area contributed by atoms with E-state index in [1.165, 1.54) is 6.07 Å². The fraction of sp³-hybridized carbons (Fsp3) is 0.538. The van der Waals surface area contributed by atoms with Gasteiger partial charge in [0, 0.05) is 25.2 Å². The van der Waals surface area contributed by atoms with Crippen LogP contribution in [-0.4, -0.2) is 59.1 Å². The third-order valence-corrected chi connectivity index (χ3v) is 3.86. The summed E-state index contributed by atoms with van der Waals surface area (Å²) in [6, 6.07) is 1.63. The summed E-state index contributed by atoms with van der Waals surface area (Å²) >= 11 is 0. The fourth-order valence-electron chi connectivity index (χ4n) is 2.74. The van der Waals surface area contributed by atoms with Crippen molar-refractivity contribution in [1.82, 2.24) is 9.88 Å². The molecule has 21 heavy (non-hydrogen) atoms. The van der Waals surface area contributed by atoms with E-state index in [1.54, 1.807) is 0 Å². The number of aromatic carboxylic acids is 1. The Labute approximate surface area is 122 Å². The molecular weight excluding hydrogens is 276 g/mol. The largest absolute Gasteiger partial charge is 0.477 e. The lowest BCUT2D eigenvalue weighted by Gasteiger charge is -2.22. The van der Waals surface area contributed by atoms with Crippen LogP contribution in [0.25, 0.3) is 0 Å². The number of anilines is 1. The van der Waals surface area contributed by atoms with Crippen molar-refractivity contribution in [1.29, 1.82) is 0 Å². The van der Waals surface area contributed by atoms with Crippen LogP contribution in [0, 0.1) is 16.0 Å². The van der Waals surface area contributed by atoms with Crippen molar-refractivity contribution in [3.8, 4) is 0 Å². The molecule has 0 bridgehead atoms. The van der Waals surface area contributed by atoms with Crippen molar-refractivity contribution in [2.45, 2.75) is 13.0 Å². The van der Waals surface area contributed by atoms with Crippen molar-refractivity contribution in [2.24, 2.45) is 5.92 Å². The Bertz CT molecular complexity index is 575. The van der Waals surface area contributed by atoms with Gasteiger partial charge >= 0.3 is 11.7 Å². The van der Waals surface area contributed by atoms with Gasteiger partial charge in [0.05, 0.1) is 4.92 Å². The molecule has 1 aromatic rings. The molecule has 1 aliphatic heterocycles. The lowest BCUT2D eigenvalue weighted by atomic mass is 10.1. The molecule has 8 nitrogen and oxygen atoms in total. The van der Waals surface area contributed by atoms with Crippen LogP contribution in [0.1, 0.15) is 17.3 Å². The van der Waals surface area contributed by atoms with Crippen molar-refractivity contribution < 1.29 is 14.8 Å². The number of likely N-dealkylation sites (N-methyl/N-ethyl adjacent to an activating group) is 1. The maximum atomic E-state index is 11.2. The molecule has 2 heterocycles. The van der Waals surface area contributed by atoms with Gasteiger partial charge in [-0.3, -0.25) is 10.1 Å². The average molecular weight is 294 g/mol. The highest BCUT2D eigenvalue weighted by molar-refractivity contribution is 5.93. The Kier molecular flexibility index (Phi) is 4.08. The number of carboxylic acids is 1. The third-order valence-electron chi connectivity index (χ3n) is 3.86. The standard InChI is InChI=1S/C13H18N4O4/c1-8-6-16(7-11(8)15(2)3)12-4-9(13(18)19)10(5-14-12)17(20)21/h4-5,8,11H,6-7H2,1-3H3,(H,18,19). The fourth-order valence-corrected chi connectivity index (χ4v) is 2.74. The maximum Gasteiger partial charge on any atom is 0.342 e. The molecule has 1 aliphatic rings.